The molecule has 0 N–H and O–H groups in total. The molecule has 0 aromatic heterocycles. The number of carbonyl (C=O) groups excluding carboxylic acids is 1. The fraction of sp³-hybridized carbons (Fsp3) is 0.500. The SMILES string of the molecule is O=C(CC1CCCCC1)c1cc(F)ccc1Br. The molecule has 0 unspecified atom stereocenters. The predicted molar refractivity (Wildman–Crippen MR) is 69.6 cm³/mol. The van der Waals surface area contributed by atoms with Gasteiger partial charge in [0.25, 0.3) is 0 Å². The van der Waals surface area contributed by atoms with Crippen molar-refractivity contribution < 1.29 is 9.18 Å². The Bertz CT molecular complexity index is 411. The highest BCUT2D eigenvalue weighted by Crippen LogP contribution is 2.29. The van der Waals surface area contributed by atoms with Gasteiger partial charge in [0.2, 0.25) is 0 Å². The molecular weight excluding hydrogens is 283 g/mol. The summed E-state index contributed by atoms with van der Waals surface area (Å²) in [5, 5.41) is 0. The van der Waals surface area contributed by atoms with E-state index in [1.54, 1.807) is 6.07 Å². The summed E-state index contributed by atoms with van der Waals surface area (Å²) in [6.45, 7) is 0. The number of hydrogen-bond donors (Lipinski definition) is 0. The maximum atomic E-state index is 13.1. The van der Waals surface area contributed by atoms with Crippen LogP contribution in [0.5, 0.6) is 0 Å². The van der Waals surface area contributed by atoms with Gasteiger partial charge in [-0.15, -0.1) is 0 Å². The lowest BCUT2D eigenvalue weighted by molar-refractivity contribution is 0.0949. The third kappa shape index (κ3) is 3.38. The standard InChI is InChI=1S/C14H16BrFO/c15-13-7-6-11(16)9-12(13)14(17)8-10-4-2-1-3-5-10/h6-7,9-10H,1-5,8H2. The molecule has 1 aromatic rings. The molecule has 0 spiro atoms. The monoisotopic (exact) mass is 298 g/mol. The van der Waals surface area contributed by atoms with E-state index in [-0.39, 0.29) is 11.6 Å². The first-order chi connectivity index (χ1) is 8.16. The topological polar surface area (TPSA) is 17.1 Å². The van der Waals surface area contributed by atoms with Crippen LogP contribution in [0.25, 0.3) is 0 Å². The molecule has 0 radical (unpaired) electrons. The van der Waals surface area contributed by atoms with E-state index in [9.17, 15) is 9.18 Å². The molecule has 0 bridgehead atoms. The Morgan fingerprint density at radius 3 is 2.71 bits per heavy atom. The molecule has 1 aromatic carbocycles. The first kappa shape index (κ1) is 12.7. The first-order valence-corrected chi connectivity index (χ1v) is 6.94. The van der Waals surface area contributed by atoms with E-state index in [4.69, 9.17) is 0 Å². The molecule has 0 amide bonds. The van der Waals surface area contributed by atoms with E-state index < -0.39 is 0 Å². The Balaban J connectivity index is 2.05. The van der Waals surface area contributed by atoms with E-state index in [1.807, 2.05) is 0 Å². The largest absolute Gasteiger partial charge is 0.294 e. The van der Waals surface area contributed by atoms with Crippen LogP contribution in [0.4, 0.5) is 4.39 Å². The first-order valence-electron chi connectivity index (χ1n) is 6.15. The van der Waals surface area contributed by atoms with E-state index >= 15 is 0 Å². The number of hydrogen-bond acceptors (Lipinski definition) is 1. The summed E-state index contributed by atoms with van der Waals surface area (Å²) >= 11 is 3.31. The van der Waals surface area contributed by atoms with E-state index in [0.717, 1.165) is 12.8 Å². The quantitative estimate of drug-likeness (QED) is 0.737. The van der Waals surface area contributed by atoms with Gasteiger partial charge in [-0.25, -0.2) is 4.39 Å². The number of benzene rings is 1. The van der Waals surface area contributed by atoms with Gasteiger partial charge in [0, 0.05) is 16.5 Å². The third-order valence-corrected chi connectivity index (χ3v) is 4.12. The maximum Gasteiger partial charge on any atom is 0.164 e. The number of ketones is 1. The molecule has 17 heavy (non-hydrogen) atoms. The lowest BCUT2D eigenvalue weighted by Crippen LogP contribution is -2.12. The van der Waals surface area contributed by atoms with Crippen molar-refractivity contribution in [2.45, 2.75) is 38.5 Å². The van der Waals surface area contributed by atoms with Crippen LogP contribution in [0, 0.1) is 11.7 Å². The molecule has 0 aliphatic heterocycles. The third-order valence-electron chi connectivity index (χ3n) is 3.43. The van der Waals surface area contributed by atoms with Gasteiger partial charge >= 0.3 is 0 Å². The lowest BCUT2D eigenvalue weighted by Gasteiger charge is -2.20. The Kier molecular flexibility index (Phi) is 4.32. The zero-order valence-corrected chi connectivity index (χ0v) is 11.3. The zero-order chi connectivity index (χ0) is 12.3. The summed E-state index contributed by atoms with van der Waals surface area (Å²) in [5.41, 5.74) is 0.482. The average Bonchev–Trinajstić information content (AvgIpc) is 2.33. The van der Waals surface area contributed by atoms with Crippen molar-refractivity contribution >= 4 is 21.7 Å². The lowest BCUT2D eigenvalue weighted by atomic mass is 9.85. The van der Waals surface area contributed by atoms with Crippen LogP contribution >= 0.6 is 15.9 Å². The molecule has 2 rings (SSSR count). The van der Waals surface area contributed by atoms with Crippen molar-refractivity contribution in [3.05, 3.63) is 34.1 Å². The summed E-state index contributed by atoms with van der Waals surface area (Å²) in [7, 11) is 0. The molecule has 0 atom stereocenters. The number of Topliss-reactive ketones (excluding diaryl/α,β-unsaturated/α-hetero) is 1. The molecule has 1 aliphatic rings. The predicted octanol–water partition coefficient (Wildman–Crippen LogP) is 4.74. The van der Waals surface area contributed by atoms with E-state index in [0.29, 0.717) is 22.4 Å². The summed E-state index contributed by atoms with van der Waals surface area (Å²) in [5.74, 6) is 0.204. The summed E-state index contributed by atoms with van der Waals surface area (Å²) in [6, 6.07) is 4.29. The van der Waals surface area contributed by atoms with Gasteiger partial charge in [0.05, 0.1) is 0 Å². The molecule has 3 heteroatoms. The van der Waals surface area contributed by atoms with Crippen molar-refractivity contribution in [1.29, 1.82) is 0 Å². The Labute approximate surface area is 110 Å². The van der Waals surface area contributed by atoms with Crippen LogP contribution in [0.15, 0.2) is 22.7 Å². The van der Waals surface area contributed by atoms with Gasteiger partial charge < -0.3 is 0 Å². The summed E-state index contributed by atoms with van der Waals surface area (Å²) in [4.78, 5) is 12.1. The van der Waals surface area contributed by atoms with Crippen LogP contribution in [0.1, 0.15) is 48.9 Å². The number of halogens is 2. The van der Waals surface area contributed by atoms with Gasteiger partial charge in [-0.3, -0.25) is 4.79 Å². The highest BCUT2D eigenvalue weighted by Gasteiger charge is 2.19. The minimum atomic E-state index is -0.347. The van der Waals surface area contributed by atoms with Crippen LogP contribution < -0.4 is 0 Å². The van der Waals surface area contributed by atoms with Crippen molar-refractivity contribution in [3.63, 3.8) is 0 Å². The van der Waals surface area contributed by atoms with Crippen molar-refractivity contribution in [2.24, 2.45) is 5.92 Å². The zero-order valence-electron chi connectivity index (χ0n) is 9.72. The molecule has 0 heterocycles. The molecule has 1 aliphatic carbocycles. The van der Waals surface area contributed by atoms with Crippen LogP contribution in [-0.2, 0) is 0 Å². The van der Waals surface area contributed by atoms with Gasteiger partial charge in [-0.1, -0.05) is 48.0 Å². The average molecular weight is 299 g/mol. The van der Waals surface area contributed by atoms with Gasteiger partial charge in [-0.2, -0.15) is 0 Å². The van der Waals surface area contributed by atoms with E-state index in [2.05, 4.69) is 15.9 Å². The normalized spacial score (nSPS) is 17.1. The molecule has 92 valence electrons. The fourth-order valence-electron chi connectivity index (χ4n) is 2.47. The second kappa shape index (κ2) is 5.76. The molecular formula is C14H16BrFO. The number of rotatable bonds is 3. The molecule has 0 saturated heterocycles. The fourth-order valence-corrected chi connectivity index (χ4v) is 2.94. The molecule has 1 saturated carbocycles. The second-order valence-corrected chi connectivity index (χ2v) is 5.61. The minimum Gasteiger partial charge on any atom is -0.294 e. The summed E-state index contributed by atoms with van der Waals surface area (Å²) < 4.78 is 13.8. The molecule has 1 nitrogen and oxygen atoms in total. The van der Waals surface area contributed by atoms with Gasteiger partial charge in [0.1, 0.15) is 5.82 Å². The Hall–Kier alpha value is -0.700. The number of carbonyl (C=O) groups is 1. The second-order valence-electron chi connectivity index (χ2n) is 4.76. The van der Waals surface area contributed by atoms with Crippen LogP contribution in [-0.4, -0.2) is 5.78 Å². The van der Waals surface area contributed by atoms with Gasteiger partial charge in [-0.05, 0) is 24.1 Å². The Morgan fingerprint density at radius 1 is 1.29 bits per heavy atom. The van der Waals surface area contributed by atoms with Crippen LogP contribution in [0.2, 0.25) is 0 Å². The van der Waals surface area contributed by atoms with Crippen molar-refractivity contribution in [3.8, 4) is 0 Å². The summed E-state index contributed by atoms with van der Waals surface area (Å²) in [6.07, 6.45) is 6.57. The van der Waals surface area contributed by atoms with E-state index in [1.165, 1.54) is 31.4 Å². The Morgan fingerprint density at radius 2 is 2.00 bits per heavy atom. The smallest absolute Gasteiger partial charge is 0.164 e. The highest BCUT2D eigenvalue weighted by molar-refractivity contribution is 9.10. The van der Waals surface area contributed by atoms with Gasteiger partial charge in [0.15, 0.2) is 5.78 Å². The minimum absolute atomic E-state index is 0.0586. The molecule has 1 fully saturated rings. The van der Waals surface area contributed by atoms with Crippen LogP contribution in [0.3, 0.4) is 0 Å². The van der Waals surface area contributed by atoms with Crippen molar-refractivity contribution in [2.75, 3.05) is 0 Å². The van der Waals surface area contributed by atoms with Crippen molar-refractivity contribution in [1.82, 2.24) is 0 Å². The highest BCUT2D eigenvalue weighted by atomic mass is 79.9. The maximum absolute atomic E-state index is 13.1.